The van der Waals surface area contributed by atoms with Crippen molar-refractivity contribution in [2.75, 3.05) is 11.9 Å². The van der Waals surface area contributed by atoms with Crippen LogP contribution in [0.15, 0.2) is 59.5 Å². The molecule has 0 atom stereocenters. The molecule has 122 valence electrons. The molecule has 0 aliphatic heterocycles. The summed E-state index contributed by atoms with van der Waals surface area (Å²) < 4.78 is 11.3. The highest BCUT2D eigenvalue weighted by molar-refractivity contribution is 6.05. The largest absolute Gasteiger partial charge is 0.472 e. The number of nitrogens with one attached hydrogen (secondary N) is 1. The number of hydrogen-bond acceptors (Lipinski definition) is 5. The minimum Gasteiger partial charge on any atom is -0.472 e. The summed E-state index contributed by atoms with van der Waals surface area (Å²) in [5.41, 5.74) is 1.80. The Morgan fingerprint density at radius 1 is 1.25 bits per heavy atom. The SMILES string of the molecule is CCOC(=O)c1ccn(-c2ccccc2NC(=O)c2ccoc2)n1. The van der Waals surface area contributed by atoms with Gasteiger partial charge < -0.3 is 14.5 Å². The van der Waals surface area contributed by atoms with Crippen molar-refractivity contribution in [1.29, 1.82) is 0 Å². The zero-order valence-electron chi connectivity index (χ0n) is 12.9. The van der Waals surface area contributed by atoms with Crippen molar-refractivity contribution in [3.8, 4) is 5.69 Å². The number of carbonyl (C=O) groups is 2. The second-order valence-electron chi connectivity index (χ2n) is 4.85. The summed E-state index contributed by atoms with van der Waals surface area (Å²) in [7, 11) is 0. The van der Waals surface area contributed by atoms with Crippen LogP contribution in [0.25, 0.3) is 5.69 Å². The van der Waals surface area contributed by atoms with E-state index in [0.717, 1.165) is 0 Å². The molecule has 2 heterocycles. The lowest BCUT2D eigenvalue weighted by Crippen LogP contribution is -2.13. The molecule has 0 aliphatic carbocycles. The Labute approximate surface area is 137 Å². The predicted molar refractivity (Wildman–Crippen MR) is 86.2 cm³/mol. The van der Waals surface area contributed by atoms with E-state index >= 15 is 0 Å². The van der Waals surface area contributed by atoms with E-state index in [0.29, 0.717) is 16.9 Å². The number of aromatic nitrogens is 2. The van der Waals surface area contributed by atoms with Gasteiger partial charge in [0.05, 0.1) is 29.8 Å². The number of esters is 1. The van der Waals surface area contributed by atoms with Crippen LogP contribution in [0, 0.1) is 0 Å². The highest BCUT2D eigenvalue weighted by Crippen LogP contribution is 2.20. The number of anilines is 1. The van der Waals surface area contributed by atoms with E-state index in [1.54, 1.807) is 43.5 Å². The van der Waals surface area contributed by atoms with Gasteiger partial charge in [-0.05, 0) is 31.2 Å². The maximum Gasteiger partial charge on any atom is 0.358 e. The van der Waals surface area contributed by atoms with E-state index in [1.165, 1.54) is 17.2 Å². The Hall–Kier alpha value is -3.35. The van der Waals surface area contributed by atoms with E-state index in [9.17, 15) is 9.59 Å². The van der Waals surface area contributed by atoms with Crippen molar-refractivity contribution in [3.63, 3.8) is 0 Å². The minimum absolute atomic E-state index is 0.202. The molecule has 2 aromatic heterocycles. The maximum atomic E-state index is 12.2. The molecule has 0 spiro atoms. The highest BCUT2D eigenvalue weighted by Gasteiger charge is 2.14. The third-order valence-electron chi connectivity index (χ3n) is 3.26. The van der Waals surface area contributed by atoms with Gasteiger partial charge in [0.15, 0.2) is 5.69 Å². The van der Waals surface area contributed by atoms with Gasteiger partial charge in [-0.15, -0.1) is 0 Å². The van der Waals surface area contributed by atoms with Crippen LogP contribution in [0.4, 0.5) is 5.69 Å². The van der Waals surface area contributed by atoms with Crippen molar-refractivity contribution >= 4 is 17.6 Å². The van der Waals surface area contributed by atoms with Crippen LogP contribution in [0.3, 0.4) is 0 Å². The second kappa shape index (κ2) is 6.82. The second-order valence-corrected chi connectivity index (χ2v) is 4.85. The summed E-state index contributed by atoms with van der Waals surface area (Å²) in [6.45, 7) is 2.01. The molecule has 0 bridgehead atoms. The summed E-state index contributed by atoms with van der Waals surface area (Å²) in [6.07, 6.45) is 4.43. The molecule has 1 amide bonds. The van der Waals surface area contributed by atoms with Crippen LogP contribution in [0.1, 0.15) is 27.8 Å². The van der Waals surface area contributed by atoms with E-state index < -0.39 is 5.97 Å². The summed E-state index contributed by atoms with van der Waals surface area (Å²) in [5, 5.41) is 7.00. The Morgan fingerprint density at radius 3 is 2.83 bits per heavy atom. The van der Waals surface area contributed by atoms with Gasteiger partial charge in [0.1, 0.15) is 6.26 Å². The summed E-state index contributed by atoms with van der Waals surface area (Å²) in [6, 6.07) is 10.3. The fraction of sp³-hybridized carbons (Fsp3) is 0.118. The molecule has 0 unspecified atom stereocenters. The average molecular weight is 325 g/mol. The number of carbonyl (C=O) groups excluding carboxylic acids is 2. The molecule has 0 radical (unpaired) electrons. The first-order valence-electron chi connectivity index (χ1n) is 7.35. The third-order valence-corrected chi connectivity index (χ3v) is 3.26. The summed E-state index contributed by atoms with van der Waals surface area (Å²) in [4.78, 5) is 23.9. The van der Waals surface area contributed by atoms with E-state index in [4.69, 9.17) is 9.15 Å². The summed E-state index contributed by atoms with van der Waals surface area (Å²) >= 11 is 0. The van der Waals surface area contributed by atoms with Crippen LogP contribution >= 0.6 is 0 Å². The highest BCUT2D eigenvalue weighted by atomic mass is 16.5. The number of benzene rings is 1. The fourth-order valence-corrected chi connectivity index (χ4v) is 2.14. The van der Waals surface area contributed by atoms with Crippen molar-refractivity contribution in [3.05, 3.63) is 66.4 Å². The number of rotatable bonds is 5. The number of furan rings is 1. The molecule has 0 saturated heterocycles. The van der Waals surface area contributed by atoms with Crippen LogP contribution in [0.5, 0.6) is 0 Å². The van der Waals surface area contributed by atoms with Crippen molar-refractivity contribution < 1.29 is 18.7 Å². The van der Waals surface area contributed by atoms with Gasteiger partial charge in [0.25, 0.3) is 5.91 Å². The van der Waals surface area contributed by atoms with Crippen LogP contribution < -0.4 is 5.32 Å². The van der Waals surface area contributed by atoms with Crippen molar-refractivity contribution in [1.82, 2.24) is 9.78 Å². The zero-order chi connectivity index (χ0) is 16.9. The van der Waals surface area contributed by atoms with Crippen LogP contribution in [0.2, 0.25) is 0 Å². The lowest BCUT2D eigenvalue weighted by Gasteiger charge is -2.10. The molecule has 24 heavy (non-hydrogen) atoms. The number of amides is 1. The van der Waals surface area contributed by atoms with Gasteiger partial charge >= 0.3 is 5.97 Å². The molecule has 0 saturated carbocycles. The number of para-hydroxylation sites is 2. The number of hydrogen-bond donors (Lipinski definition) is 1. The molecule has 1 N–H and O–H groups in total. The Kier molecular flexibility index (Phi) is 4.42. The molecule has 7 nitrogen and oxygen atoms in total. The topological polar surface area (TPSA) is 86.4 Å². The first-order chi connectivity index (χ1) is 11.7. The van der Waals surface area contributed by atoms with Gasteiger partial charge in [-0.3, -0.25) is 4.79 Å². The molecular formula is C17H15N3O4. The summed E-state index contributed by atoms with van der Waals surface area (Å²) in [5.74, 6) is -0.787. The molecule has 1 aromatic carbocycles. The minimum atomic E-state index is -0.490. The average Bonchev–Trinajstić information content (AvgIpc) is 3.27. The van der Waals surface area contributed by atoms with Gasteiger partial charge in [0, 0.05) is 6.20 Å². The molecule has 0 fully saturated rings. The zero-order valence-corrected chi connectivity index (χ0v) is 12.9. The number of ether oxygens (including phenoxy) is 1. The number of nitrogens with zero attached hydrogens (tertiary/aromatic N) is 2. The van der Waals surface area contributed by atoms with Crippen molar-refractivity contribution in [2.24, 2.45) is 0 Å². The van der Waals surface area contributed by atoms with Gasteiger partial charge in [-0.25, -0.2) is 9.48 Å². The lowest BCUT2D eigenvalue weighted by atomic mass is 10.2. The van der Waals surface area contributed by atoms with Crippen LogP contribution in [-0.2, 0) is 4.74 Å². The van der Waals surface area contributed by atoms with Gasteiger partial charge in [-0.2, -0.15) is 5.10 Å². The Balaban J connectivity index is 1.87. The van der Waals surface area contributed by atoms with Crippen LogP contribution in [-0.4, -0.2) is 28.3 Å². The lowest BCUT2D eigenvalue weighted by molar-refractivity contribution is 0.0519. The standard InChI is InChI=1S/C17H15N3O4/c1-2-24-17(22)14-7-9-20(19-14)15-6-4-3-5-13(15)18-16(21)12-8-10-23-11-12/h3-11H,2H2,1H3,(H,18,21). The van der Waals surface area contributed by atoms with E-state index in [2.05, 4.69) is 10.4 Å². The molecule has 3 aromatic rings. The molecule has 3 rings (SSSR count). The first kappa shape index (κ1) is 15.5. The molecular weight excluding hydrogens is 310 g/mol. The quantitative estimate of drug-likeness (QED) is 0.729. The Bertz CT molecular complexity index is 852. The third kappa shape index (κ3) is 3.19. The monoisotopic (exact) mass is 325 g/mol. The van der Waals surface area contributed by atoms with E-state index in [1.807, 2.05) is 6.07 Å². The molecule has 0 aliphatic rings. The van der Waals surface area contributed by atoms with Gasteiger partial charge in [0.2, 0.25) is 0 Å². The normalized spacial score (nSPS) is 10.4. The first-order valence-corrected chi connectivity index (χ1v) is 7.35. The maximum absolute atomic E-state index is 12.2. The molecule has 7 heteroatoms. The predicted octanol–water partition coefficient (Wildman–Crippen LogP) is 2.89. The smallest absolute Gasteiger partial charge is 0.358 e. The Morgan fingerprint density at radius 2 is 2.08 bits per heavy atom. The van der Waals surface area contributed by atoms with E-state index in [-0.39, 0.29) is 18.2 Å². The van der Waals surface area contributed by atoms with Gasteiger partial charge in [-0.1, -0.05) is 12.1 Å². The van der Waals surface area contributed by atoms with Crippen molar-refractivity contribution in [2.45, 2.75) is 6.92 Å². The fourth-order valence-electron chi connectivity index (χ4n) is 2.14.